The number of amides is 2. The lowest BCUT2D eigenvalue weighted by molar-refractivity contribution is 0.195. The van der Waals surface area contributed by atoms with E-state index in [9.17, 15) is 4.79 Å². The van der Waals surface area contributed by atoms with E-state index in [1.54, 1.807) is 0 Å². The van der Waals surface area contributed by atoms with Crippen molar-refractivity contribution in [2.45, 2.75) is 33.2 Å². The summed E-state index contributed by atoms with van der Waals surface area (Å²) in [6.07, 6.45) is 3.97. The normalized spacial score (nSPS) is 15.0. The third kappa shape index (κ3) is 6.09. The quantitative estimate of drug-likeness (QED) is 0.669. The molecule has 0 saturated carbocycles. The number of hydrogen-bond acceptors (Lipinski definition) is 2. The van der Waals surface area contributed by atoms with E-state index in [0.717, 1.165) is 37.5 Å². The van der Waals surface area contributed by atoms with Crippen LogP contribution in [0.15, 0.2) is 54.6 Å². The molecular weight excluding hydrogens is 382 g/mol. The average molecular weight is 412 g/mol. The minimum absolute atomic E-state index is 0.0132. The number of aryl methyl sites for hydroxylation is 1. The summed E-state index contributed by atoms with van der Waals surface area (Å²) in [7, 11) is 0. The second-order valence-electron chi connectivity index (χ2n) is 7.52. The SMILES string of the molecule is CC/C=C(/CCNC(=O)N1CCN(Cc2ccccc2)C1)c1cc(Cl)ccc1C. The molecule has 1 saturated heterocycles. The molecule has 2 aromatic rings. The van der Waals surface area contributed by atoms with Gasteiger partial charge in [-0.05, 0) is 54.2 Å². The number of halogens is 1. The van der Waals surface area contributed by atoms with Crippen LogP contribution in [0.2, 0.25) is 5.02 Å². The summed E-state index contributed by atoms with van der Waals surface area (Å²) in [4.78, 5) is 16.8. The molecule has 1 fully saturated rings. The number of allylic oxidation sites excluding steroid dienone is 1. The number of benzene rings is 2. The maximum Gasteiger partial charge on any atom is 0.318 e. The average Bonchev–Trinajstić information content (AvgIpc) is 3.18. The summed E-state index contributed by atoms with van der Waals surface area (Å²) >= 11 is 6.20. The van der Waals surface area contributed by atoms with Gasteiger partial charge in [0.05, 0.1) is 6.67 Å². The summed E-state index contributed by atoms with van der Waals surface area (Å²) in [5.41, 5.74) is 4.89. The Morgan fingerprint density at radius 1 is 1.17 bits per heavy atom. The first-order chi connectivity index (χ1) is 14.1. The predicted molar refractivity (Wildman–Crippen MR) is 121 cm³/mol. The zero-order valence-electron chi connectivity index (χ0n) is 17.3. The number of nitrogens with zero attached hydrogens (tertiary/aromatic N) is 2. The molecule has 0 aromatic heterocycles. The van der Waals surface area contributed by atoms with Crippen LogP contribution >= 0.6 is 11.6 Å². The maximum absolute atomic E-state index is 12.6. The van der Waals surface area contributed by atoms with Gasteiger partial charge in [-0.3, -0.25) is 4.90 Å². The number of urea groups is 1. The fraction of sp³-hybridized carbons (Fsp3) is 0.375. The molecule has 0 aliphatic carbocycles. The van der Waals surface area contributed by atoms with Crippen molar-refractivity contribution < 1.29 is 4.79 Å². The van der Waals surface area contributed by atoms with Gasteiger partial charge in [-0.1, -0.05) is 61.0 Å². The first kappa shape index (κ1) is 21.4. The van der Waals surface area contributed by atoms with Gasteiger partial charge in [0.15, 0.2) is 0 Å². The minimum atomic E-state index is 0.0132. The van der Waals surface area contributed by atoms with Crippen molar-refractivity contribution in [3.63, 3.8) is 0 Å². The Balaban J connectivity index is 1.50. The number of carbonyl (C=O) groups excluding carboxylic acids is 1. The second-order valence-corrected chi connectivity index (χ2v) is 7.96. The standard InChI is InChI=1S/C24H30ClN3O/c1-3-7-21(23-16-22(25)11-10-19(23)2)12-13-26-24(29)28-15-14-27(18-28)17-20-8-5-4-6-9-20/h4-11,16H,3,12-15,17-18H2,1-2H3,(H,26,29)/b21-7-. The van der Waals surface area contributed by atoms with Crippen LogP contribution in [-0.4, -0.2) is 42.1 Å². The number of carbonyl (C=O) groups is 1. The van der Waals surface area contributed by atoms with Crippen molar-refractivity contribution in [3.8, 4) is 0 Å². The first-order valence-electron chi connectivity index (χ1n) is 10.3. The molecule has 2 aromatic carbocycles. The molecule has 3 rings (SSSR count). The van der Waals surface area contributed by atoms with Gasteiger partial charge in [-0.25, -0.2) is 4.79 Å². The van der Waals surface area contributed by atoms with Crippen molar-refractivity contribution in [1.29, 1.82) is 0 Å². The third-order valence-corrected chi connectivity index (χ3v) is 5.49. The Labute approximate surface area is 179 Å². The van der Waals surface area contributed by atoms with E-state index in [1.165, 1.54) is 22.3 Å². The number of rotatable bonds is 7. The molecule has 4 nitrogen and oxygen atoms in total. The summed E-state index contributed by atoms with van der Waals surface area (Å²) in [5, 5.41) is 3.83. The molecule has 0 spiro atoms. The Morgan fingerprint density at radius 2 is 1.97 bits per heavy atom. The highest BCUT2D eigenvalue weighted by atomic mass is 35.5. The van der Waals surface area contributed by atoms with E-state index >= 15 is 0 Å². The summed E-state index contributed by atoms with van der Waals surface area (Å²) < 4.78 is 0. The van der Waals surface area contributed by atoms with Crippen molar-refractivity contribution in [1.82, 2.24) is 15.1 Å². The molecule has 0 radical (unpaired) electrons. The lowest BCUT2D eigenvalue weighted by Crippen LogP contribution is -2.39. The van der Waals surface area contributed by atoms with E-state index in [0.29, 0.717) is 13.2 Å². The smallest absolute Gasteiger partial charge is 0.318 e. The number of hydrogen-bond donors (Lipinski definition) is 1. The van der Waals surface area contributed by atoms with Crippen LogP contribution in [0.5, 0.6) is 0 Å². The Hall–Kier alpha value is -2.30. The lowest BCUT2D eigenvalue weighted by atomic mass is 9.97. The van der Waals surface area contributed by atoms with E-state index in [-0.39, 0.29) is 6.03 Å². The molecule has 1 aliphatic rings. The first-order valence-corrected chi connectivity index (χ1v) is 10.7. The van der Waals surface area contributed by atoms with Crippen molar-refractivity contribution in [2.24, 2.45) is 0 Å². The van der Waals surface area contributed by atoms with Crippen LogP contribution in [0.3, 0.4) is 0 Å². The van der Waals surface area contributed by atoms with Gasteiger partial charge in [-0.2, -0.15) is 0 Å². The summed E-state index contributed by atoms with van der Waals surface area (Å²) in [6, 6.07) is 16.4. The molecule has 1 N–H and O–H groups in total. The molecule has 154 valence electrons. The molecule has 0 bridgehead atoms. The predicted octanol–water partition coefficient (Wildman–Crippen LogP) is 5.32. The highest BCUT2D eigenvalue weighted by molar-refractivity contribution is 6.30. The largest absolute Gasteiger partial charge is 0.338 e. The van der Waals surface area contributed by atoms with Crippen molar-refractivity contribution in [3.05, 3.63) is 76.3 Å². The van der Waals surface area contributed by atoms with Crippen LogP contribution in [0.1, 0.15) is 36.5 Å². The molecule has 2 amide bonds. The summed E-state index contributed by atoms with van der Waals surface area (Å²) in [6.45, 7) is 8.07. The highest BCUT2D eigenvalue weighted by Gasteiger charge is 2.23. The third-order valence-electron chi connectivity index (χ3n) is 5.26. The molecular formula is C24H30ClN3O. The van der Waals surface area contributed by atoms with Crippen LogP contribution in [-0.2, 0) is 6.54 Å². The molecule has 5 heteroatoms. The van der Waals surface area contributed by atoms with E-state index in [1.807, 2.05) is 29.2 Å². The molecule has 0 unspecified atom stereocenters. The molecule has 29 heavy (non-hydrogen) atoms. The van der Waals surface area contributed by atoms with Crippen LogP contribution in [0.4, 0.5) is 4.79 Å². The van der Waals surface area contributed by atoms with Crippen molar-refractivity contribution >= 4 is 23.2 Å². The molecule has 1 aliphatic heterocycles. The summed E-state index contributed by atoms with van der Waals surface area (Å²) in [5.74, 6) is 0. The minimum Gasteiger partial charge on any atom is -0.338 e. The van der Waals surface area contributed by atoms with Crippen LogP contribution in [0.25, 0.3) is 5.57 Å². The maximum atomic E-state index is 12.6. The van der Waals surface area contributed by atoms with E-state index < -0.39 is 0 Å². The van der Waals surface area contributed by atoms with Gasteiger partial charge < -0.3 is 10.2 Å². The van der Waals surface area contributed by atoms with Gasteiger partial charge in [0.2, 0.25) is 0 Å². The number of nitrogens with one attached hydrogen (secondary N) is 1. The zero-order valence-corrected chi connectivity index (χ0v) is 18.1. The zero-order chi connectivity index (χ0) is 20.6. The van der Waals surface area contributed by atoms with Gasteiger partial charge in [-0.15, -0.1) is 0 Å². The van der Waals surface area contributed by atoms with E-state index in [2.05, 4.69) is 54.4 Å². The van der Waals surface area contributed by atoms with E-state index in [4.69, 9.17) is 11.6 Å². The van der Waals surface area contributed by atoms with Gasteiger partial charge in [0.25, 0.3) is 0 Å². The Morgan fingerprint density at radius 3 is 2.72 bits per heavy atom. The van der Waals surface area contributed by atoms with Crippen LogP contribution in [0, 0.1) is 6.92 Å². The van der Waals surface area contributed by atoms with Crippen molar-refractivity contribution in [2.75, 3.05) is 26.3 Å². The van der Waals surface area contributed by atoms with Gasteiger partial charge >= 0.3 is 6.03 Å². The Kier molecular flexibility index (Phi) is 7.73. The highest BCUT2D eigenvalue weighted by Crippen LogP contribution is 2.25. The topological polar surface area (TPSA) is 35.6 Å². The fourth-order valence-corrected chi connectivity index (χ4v) is 3.90. The van der Waals surface area contributed by atoms with Crippen LogP contribution < -0.4 is 5.32 Å². The van der Waals surface area contributed by atoms with Gasteiger partial charge in [0, 0.05) is 31.2 Å². The fourth-order valence-electron chi connectivity index (χ4n) is 3.73. The Bertz CT molecular complexity index is 850. The second kappa shape index (κ2) is 10.5. The molecule has 1 heterocycles. The lowest BCUT2D eigenvalue weighted by Gasteiger charge is -2.19. The molecule has 0 atom stereocenters. The van der Waals surface area contributed by atoms with Gasteiger partial charge in [0.1, 0.15) is 0 Å². The monoisotopic (exact) mass is 411 g/mol.